The van der Waals surface area contributed by atoms with Gasteiger partial charge in [-0.2, -0.15) is 0 Å². The van der Waals surface area contributed by atoms with Crippen molar-refractivity contribution in [2.45, 2.75) is 26.4 Å². The summed E-state index contributed by atoms with van der Waals surface area (Å²) in [7, 11) is 0. The van der Waals surface area contributed by atoms with E-state index in [0.29, 0.717) is 6.54 Å². The molecule has 3 aromatic rings. The van der Waals surface area contributed by atoms with Crippen LogP contribution in [0.2, 0.25) is 0 Å². The average molecular weight is 308 g/mol. The first-order valence-corrected chi connectivity index (χ1v) is 7.69. The van der Waals surface area contributed by atoms with E-state index in [1.165, 1.54) is 5.56 Å². The Morgan fingerprint density at radius 1 is 1.13 bits per heavy atom. The Hall–Kier alpha value is -2.75. The highest BCUT2D eigenvalue weighted by Crippen LogP contribution is 2.19. The van der Waals surface area contributed by atoms with Crippen LogP contribution in [0.25, 0.3) is 0 Å². The Morgan fingerprint density at radius 2 is 1.91 bits per heavy atom. The summed E-state index contributed by atoms with van der Waals surface area (Å²) in [5.41, 5.74) is 2.88. The molecular weight excluding hydrogens is 288 g/mol. The van der Waals surface area contributed by atoms with Crippen LogP contribution >= 0.6 is 0 Å². The van der Waals surface area contributed by atoms with Gasteiger partial charge in [0, 0.05) is 23.5 Å². The van der Waals surface area contributed by atoms with Crippen LogP contribution in [0.1, 0.15) is 30.0 Å². The standard InChI is InChI=1S/C19H20N2O2/c1-14-11-17(20-15(2)16-7-4-3-5-8-16)12-19(22)21(14)13-18-9-6-10-23-18/h3-12,15,20H,13H2,1-2H3/t15-/m1/s1. The van der Waals surface area contributed by atoms with Crippen LogP contribution in [0.15, 0.2) is 70.1 Å². The molecule has 1 aromatic carbocycles. The van der Waals surface area contributed by atoms with Gasteiger partial charge in [0.25, 0.3) is 5.56 Å². The van der Waals surface area contributed by atoms with Crippen molar-refractivity contribution in [1.29, 1.82) is 0 Å². The van der Waals surface area contributed by atoms with E-state index in [1.54, 1.807) is 16.9 Å². The minimum absolute atomic E-state index is 0.0378. The predicted octanol–water partition coefficient (Wildman–Crippen LogP) is 3.97. The quantitative estimate of drug-likeness (QED) is 0.776. The number of hydrogen-bond acceptors (Lipinski definition) is 3. The molecule has 1 atom stereocenters. The summed E-state index contributed by atoms with van der Waals surface area (Å²) >= 11 is 0. The molecule has 0 aliphatic carbocycles. The maximum Gasteiger partial charge on any atom is 0.253 e. The highest BCUT2D eigenvalue weighted by Gasteiger charge is 2.09. The van der Waals surface area contributed by atoms with Gasteiger partial charge in [-0.1, -0.05) is 30.3 Å². The van der Waals surface area contributed by atoms with Crippen LogP contribution in [0.4, 0.5) is 5.69 Å². The summed E-state index contributed by atoms with van der Waals surface area (Å²) in [4.78, 5) is 12.4. The Balaban J connectivity index is 1.81. The van der Waals surface area contributed by atoms with Crippen molar-refractivity contribution in [2.24, 2.45) is 0 Å². The number of aryl methyl sites for hydroxylation is 1. The number of hydrogen-bond donors (Lipinski definition) is 1. The Bertz CT molecular complexity index is 820. The molecular formula is C19H20N2O2. The van der Waals surface area contributed by atoms with E-state index < -0.39 is 0 Å². The Kier molecular flexibility index (Phi) is 4.33. The van der Waals surface area contributed by atoms with E-state index in [4.69, 9.17) is 4.42 Å². The van der Waals surface area contributed by atoms with Gasteiger partial charge in [0.05, 0.1) is 12.8 Å². The number of benzene rings is 1. The van der Waals surface area contributed by atoms with Crippen LogP contribution in [0.5, 0.6) is 0 Å². The average Bonchev–Trinajstić information content (AvgIpc) is 3.05. The summed E-state index contributed by atoms with van der Waals surface area (Å²) in [6, 6.07) is 17.6. The zero-order chi connectivity index (χ0) is 16.2. The van der Waals surface area contributed by atoms with Crippen molar-refractivity contribution in [1.82, 2.24) is 4.57 Å². The molecule has 3 rings (SSSR count). The third-order valence-electron chi connectivity index (χ3n) is 3.91. The monoisotopic (exact) mass is 308 g/mol. The second-order valence-corrected chi connectivity index (χ2v) is 5.67. The van der Waals surface area contributed by atoms with Gasteiger partial charge < -0.3 is 14.3 Å². The minimum Gasteiger partial charge on any atom is -0.467 e. The molecule has 2 heterocycles. The van der Waals surface area contributed by atoms with Crippen molar-refractivity contribution in [2.75, 3.05) is 5.32 Å². The Morgan fingerprint density at radius 3 is 2.57 bits per heavy atom. The highest BCUT2D eigenvalue weighted by molar-refractivity contribution is 5.45. The van der Waals surface area contributed by atoms with E-state index in [9.17, 15) is 4.79 Å². The molecule has 0 radical (unpaired) electrons. The molecule has 0 saturated heterocycles. The number of aromatic nitrogens is 1. The summed E-state index contributed by atoms with van der Waals surface area (Å²) in [5, 5.41) is 3.39. The van der Waals surface area contributed by atoms with Gasteiger partial charge >= 0.3 is 0 Å². The van der Waals surface area contributed by atoms with Crippen molar-refractivity contribution in [3.05, 3.63) is 88.2 Å². The van der Waals surface area contributed by atoms with Gasteiger partial charge in [0.15, 0.2) is 0 Å². The molecule has 0 unspecified atom stereocenters. The lowest BCUT2D eigenvalue weighted by Gasteiger charge is -2.17. The molecule has 0 bridgehead atoms. The number of nitrogens with one attached hydrogen (secondary N) is 1. The molecule has 0 spiro atoms. The second kappa shape index (κ2) is 6.57. The molecule has 0 aliphatic heterocycles. The second-order valence-electron chi connectivity index (χ2n) is 5.67. The third kappa shape index (κ3) is 3.54. The van der Waals surface area contributed by atoms with Crippen molar-refractivity contribution < 1.29 is 4.42 Å². The molecule has 0 fully saturated rings. The summed E-state index contributed by atoms with van der Waals surface area (Å²) in [6.45, 7) is 4.47. The molecule has 4 nitrogen and oxygen atoms in total. The predicted molar refractivity (Wildman–Crippen MR) is 91.7 cm³/mol. The van der Waals surface area contributed by atoms with Crippen molar-refractivity contribution >= 4 is 5.69 Å². The molecule has 0 aliphatic rings. The van der Waals surface area contributed by atoms with Crippen molar-refractivity contribution in [3.8, 4) is 0 Å². The topological polar surface area (TPSA) is 47.2 Å². The first-order valence-electron chi connectivity index (χ1n) is 7.69. The largest absolute Gasteiger partial charge is 0.467 e. The lowest BCUT2D eigenvalue weighted by molar-refractivity contribution is 0.487. The summed E-state index contributed by atoms with van der Waals surface area (Å²) in [5.74, 6) is 0.772. The van der Waals surface area contributed by atoms with E-state index in [2.05, 4.69) is 24.4 Å². The minimum atomic E-state index is -0.0378. The fraction of sp³-hybridized carbons (Fsp3) is 0.211. The van der Waals surface area contributed by atoms with E-state index >= 15 is 0 Å². The van der Waals surface area contributed by atoms with Crippen LogP contribution in [0.3, 0.4) is 0 Å². The van der Waals surface area contributed by atoms with Crippen molar-refractivity contribution in [3.63, 3.8) is 0 Å². The van der Waals surface area contributed by atoms with E-state index in [0.717, 1.165) is 17.1 Å². The van der Waals surface area contributed by atoms with Gasteiger partial charge in [-0.05, 0) is 37.6 Å². The van der Waals surface area contributed by atoms with Gasteiger partial charge in [-0.3, -0.25) is 4.79 Å². The first-order chi connectivity index (χ1) is 11.1. The zero-order valence-electron chi connectivity index (χ0n) is 13.3. The maximum atomic E-state index is 12.4. The van der Waals surface area contributed by atoms with E-state index in [1.807, 2.05) is 43.3 Å². The van der Waals surface area contributed by atoms with Crippen LogP contribution in [-0.4, -0.2) is 4.57 Å². The number of anilines is 1. The number of nitrogens with zero attached hydrogens (tertiary/aromatic N) is 1. The number of furan rings is 1. The van der Waals surface area contributed by atoms with Gasteiger partial charge in [-0.25, -0.2) is 0 Å². The molecule has 0 amide bonds. The normalized spacial score (nSPS) is 12.1. The molecule has 23 heavy (non-hydrogen) atoms. The molecule has 1 N–H and O–H groups in total. The highest BCUT2D eigenvalue weighted by atomic mass is 16.3. The van der Waals surface area contributed by atoms with Crippen LogP contribution in [-0.2, 0) is 6.54 Å². The molecule has 4 heteroatoms. The fourth-order valence-corrected chi connectivity index (χ4v) is 2.65. The molecule has 0 saturated carbocycles. The first kappa shape index (κ1) is 15.2. The van der Waals surface area contributed by atoms with Gasteiger partial charge in [0.1, 0.15) is 5.76 Å². The smallest absolute Gasteiger partial charge is 0.253 e. The van der Waals surface area contributed by atoms with Crippen LogP contribution in [0, 0.1) is 6.92 Å². The summed E-state index contributed by atoms with van der Waals surface area (Å²) < 4.78 is 7.03. The Labute approximate surface area is 135 Å². The van der Waals surface area contributed by atoms with Gasteiger partial charge in [0.2, 0.25) is 0 Å². The number of rotatable bonds is 5. The fourth-order valence-electron chi connectivity index (χ4n) is 2.65. The number of pyridine rings is 1. The zero-order valence-corrected chi connectivity index (χ0v) is 13.3. The van der Waals surface area contributed by atoms with Gasteiger partial charge in [-0.15, -0.1) is 0 Å². The molecule has 118 valence electrons. The SMILES string of the molecule is Cc1cc(N[C@H](C)c2ccccc2)cc(=O)n1Cc1ccco1. The third-order valence-corrected chi connectivity index (χ3v) is 3.91. The summed E-state index contributed by atoms with van der Waals surface area (Å²) in [6.07, 6.45) is 1.62. The maximum absolute atomic E-state index is 12.4. The molecule has 2 aromatic heterocycles. The lowest BCUT2D eigenvalue weighted by atomic mass is 10.1. The van der Waals surface area contributed by atoms with Crippen LogP contribution < -0.4 is 10.9 Å². The lowest BCUT2D eigenvalue weighted by Crippen LogP contribution is -2.23. The van der Waals surface area contributed by atoms with E-state index in [-0.39, 0.29) is 11.6 Å².